The number of para-hydroxylation sites is 2. The Hall–Kier alpha value is -4.51. The van der Waals surface area contributed by atoms with Crippen LogP contribution in [0.25, 0.3) is 55.2 Å². The van der Waals surface area contributed by atoms with Crippen LogP contribution in [0.4, 0.5) is 0 Å². The van der Waals surface area contributed by atoms with Gasteiger partial charge in [0.2, 0.25) is 0 Å². The topological polar surface area (TPSA) is 48.5 Å². The summed E-state index contributed by atoms with van der Waals surface area (Å²) in [5.41, 5.74) is 7.24. The van der Waals surface area contributed by atoms with Crippen molar-refractivity contribution < 1.29 is 0 Å². The Labute approximate surface area is 183 Å². The molecule has 0 aliphatic carbocycles. The van der Waals surface area contributed by atoms with Crippen LogP contribution in [0.5, 0.6) is 0 Å². The predicted molar refractivity (Wildman–Crippen MR) is 129 cm³/mol. The van der Waals surface area contributed by atoms with Gasteiger partial charge in [-0.05, 0) is 42.5 Å². The van der Waals surface area contributed by atoms with Gasteiger partial charge in [0.05, 0.1) is 45.8 Å². The van der Waals surface area contributed by atoms with Crippen molar-refractivity contribution in [3.8, 4) is 11.4 Å². The van der Waals surface area contributed by atoms with E-state index in [2.05, 4.69) is 85.8 Å². The van der Waals surface area contributed by atoms with Crippen LogP contribution >= 0.6 is 0 Å². The van der Waals surface area contributed by atoms with E-state index in [9.17, 15) is 0 Å². The molecule has 0 bridgehead atoms. The summed E-state index contributed by atoms with van der Waals surface area (Å²) in [6.07, 6.45) is 7.38. The van der Waals surface area contributed by atoms with E-state index < -0.39 is 0 Å². The minimum absolute atomic E-state index is 0.931. The van der Waals surface area contributed by atoms with Crippen LogP contribution in [-0.2, 0) is 0 Å². The SMILES string of the molecule is c1cncc(-n2c3ccccc3c3nc4c(cc32)c2ccccc2n4-c2cccnc2)c1. The highest BCUT2D eigenvalue weighted by molar-refractivity contribution is 6.15. The van der Waals surface area contributed by atoms with E-state index in [1.165, 1.54) is 5.39 Å². The summed E-state index contributed by atoms with van der Waals surface area (Å²) in [6.45, 7) is 0. The summed E-state index contributed by atoms with van der Waals surface area (Å²) in [5, 5.41) is 3.41. The zero-order chi connectivity index (χ0) is 21.1. The van der Waals surface area contributed by atoms with Crippen molar-refractivity contribution in [2.24, 2.45) is 0 Å². The maximum absolute atomic E-state index is 5.26. The van der Waals surface area contributed by atoms with Crippen LogP contribution in [-0.4, -0.2) is 24.1 Å². The molecule has 7 rings (SSSR count). The van der Waals surface area contributed by atoms with Crippen molar-refractivity contribution in [1.29, 1.82) is 0 Å². The zero-order valence-corrected chi connectivity index (χ0v) is 17.1. The molecule has 150 valence electrons. The molecule has 0 saturated carbocycles. The Morgan fingerprint density at radius 2 is 1.16 bits per heavy atom. The van der Waals surface area contributed by atoms with Gasteiger partial charge in [0.1, 0.15) is 5.65 Å². The summed E-state index contributed by atoms with van der Waals surface area (Å²) >= 11 is 0. The van der Waals surface area contributed by atoms with Gasteiger partial charge in [-0.3, -0.25) is 14.5 Å². The molecular weight excluding hydrogens is 394 g/mol. The Balaban J connectivity index is 1.71. The van der Waals surface area contributed by atoms with Crippen molar-refractivity contribution in [2.75, 3.05) is 0 Å². The lowest BCUT2D eigenvalue weighted by molar-refractivity contribution is 1.11. The molecule has 0 atom stereocenters. The average molecular weight is 411 g/mol. The second kappa shape index (κ2) is 6.49. The average Bonchev–Trinajstić information content (AvgIpc) is 3.36. The van der Waals surface area contributed by atoms with E-state index in [4.69, 9.17) is 4.98 Å². The number of rotatable bonds is 2. The molecular formula is C27H17N5. The first kappa shape index (κ1) is 17.2. The Kier molecular flexibility index (Phi) is 3.49. The molecule has 0 N–H and O–H groups in total. The zero-order valence-electron chi connectivity index (χ0n) is 17.1. The highest BCUT2D eigenvalue weighted by Crippen LogP contribution is 2.37. The third-order valence-corrected chi connectivity index (χ3v) is 6.08. The maximum atomic E-state index is 5.26. The molecule has 0 amide bonds. The van der Waals surface area contributed by atoms with Crippen molar-refractivity contribution in [2.45, 2.75) is 0 Å². The fraction of sp³-hybridized carbons (Fsp3) is 0. The Morgan fingerprint density at radius 1 is 0.531 bits per heavy atom. The maximum Gasteiger partial charge on any atom is 0.146 e. The van der Waals surface area contributed by atoms with E-state index in [0.717, 1.165) is 49.9 Å². The van der Waals surface area contributed by atoms with Gasteiger partial charge in [-0.1, -0.05) is 36.4 Å². The summed E-state index contributed by atoms with van der Waals surface area (Å²) in [4.78, 5) is 14.0. The molecule has 5 aromatic heterocycles. The fourth-order valence-corrected chi connectivity index (χ4v) is 4.75. The van der Waals surface area contributed by atoms with Crippen LogP contribution in [0, 0.1) is 0 Å². The fourth-order valence-electron chi connectivity index (χ4n) is 4.75. The normalized spacial score (nSPS) is 11.8. The van der Waals surface area contributed by atoms with Crippen LogP contribution in [0.3, 0.4) is 0 Å². The standard InChI is InChI=1S/C27H17N5/c1-3-11-23-20(9-1)22-15-25-26(30-27(22)32(23)19-8-6-14-29-17-19)21-10-2-4-12-24(21)31(25)18-7-5-13-28-16-18/h1-17H. The molecule has 0 radical (unpaired) electrons. The summed E-state index contributed by atoms with van der Waals surface area (Å²) in [5.74, 6) is 0. The van der Waals surface area contributed by atoms with Crippen LogP contribution < -0.4 is 0 Å². The first-order chi connectivity index (χ1) is 15.9. The van der Waals surface area contributed by atoms with Gasteiger partial charge in [-0.25, -0.2) is 4.98 Å². The first-order valence-electron chi connectivity index (χ1n) is 10.5. The van der Waals surface area contributed by atoms with E-state index in [0.29, 0.717) is 0 Å². The minimum atomic E-state index is 0.931. The quantitative estimate of drug-likeness (QED) is 0.347. The van der Waals surface area contributed by atoms with Crippen molar-refractivity contribution in [3.63, 3.8) is 0 Å². The largest absolute Gasteiger partial charge is 0.306 e. The van der Waals surface area contributed by atoms with Gasteiger partial charge in [0, 0.05) is 28.6 Å². The molecule has 0 saturated heterocycles. The van der Waals surface area contributed by atoms with Gasteiger partial charge in [-0.15, -0.1) is 0 Å². The summed E-state index contributed by atoms with van der Waals surface area (Å²) in [7, 11) is 0. The Morgan fingerprint density at radius 3 is 1.84 bits per heavy atom. The predicted octanol–water partition coefficient (Wildman–Crippen LogP) is 6.07. The van der Waals surface area contributed by atoms with E-state index in [1.54, 1.807) is 12.4 Å². The molecule has 7 aromatic rings. The molecule has 2 aromatic carbocycles. The number of hydrogen-bond donors (Lipinski definition) is 0. The number of nitrogens with zero attached hydrogens (tertiary/aromatic N) is 5. The number of fused-ring (bicyclic) bond motifs is 6. The number of pyridine rings is 3. The minimum Gasteiger partial charge on any atom is -0.306 e. The number of aromatic nitrogens is 5. The van der Waals surface area contributed by atoms with Gasteiger partial charge in [-0.2, -0.15) is 0 Å². The Bertz CT molecular complexity index is 1630. The van der Waals surface area contributed by atoms with Crippen LogP contribution in [0.1, 0.15) is 0 Å². The van der Waals surface area contributed by atoms with Crippen molar-refractivity contribution >= 4 is 43.9 Å². The monoisotopic (exact) mass is 411 g/mol. The van der Waals surface area contributed by atoms with Crippen LogP contribution in [0.2, 0.25) is 0 Å². The number of benzene rings is 2. The third-order valence-electron chi connectivity index (χ3n) is 6.08. The van der Waals surface area contributed by atoms with Gasteiger partial charge in [0.15, 0.2) is 0 Å². The molecule has 0 fully saturated rings. The van der Waals surface area contributed by atoms with E-state index in [1.807, 2.05) is 24.5 Å². The van der Waals surface area contributed by atoms with Gasteiger partial charge >= 0.3 is 0 Å². The van der Waals surface area contributed by atoms with E-state index >= 15 is 0 Å². The highest BCUT2D eigenvalue weighted by Gasteiger charge is 2.19. The van der Waals surface area contributed by atoms with Gasteiger partial charge < -0.3 is 4.57 Å². The second-order valence-electron chi connectivity index (χ2n) is 7.85. The van der Waals surface area contributed by atoms with Gasteiger partial charge in [0.25, 0.3) is 0 Å². The molecule has 0 spiro atoms. The lowest BCUT2D eigenvalue weighted by Crippen LogP contribution is -1.97. The highest BCUT2D eigenvalue weighted by atomic mass is 15.1. The summed E-state index contributed by atoms with van der Waals surface area (Å²) < 4.78 is 4.45. The lowest BCUT2D eigenvalue weighted by Gasteiger charge is -2.07. The molecule has 32 heavy (non-hydrogen) atoms. The molecule has 0 aliphatic rings. The second-order valence-corrected chi connectivity index (χ2v) is 7.85. The van der Waals surface area contributed by atoms with Crippen LogP contribution in [0.15, 0.2) is 104 Å². The van der Waals surface area contributed by atoms with E-state index in [-0.39, 0.29) is 0 Å². The molecule has 5 heteroatoms. The molecule has 5 nitrogen and oxygen atoms in total. The van der Waals surface area contributed by atoms with Crippen molar-refractivity contribution in [3.05, 3.63) is 104 Å². The third kappa shape index (κ3) is 2.30. The van der Waals surface area contributed by atoms with Crippen molar-refractivity contribution in [1.82, 2.24) is 24.1 Å². The smallest absolute Gasteiger partial charge is 0.146 e. The molecule has 0 unspecified atom stereocenters. The molecule has 0 aliphatic heterocycles. The molecule has 5 heterocycles. The first-order valence-corrected chi connectivity index (χ1v) is 10.5. The summed E-state index contributed by atoms with van der Waals surface area (Å²) in [6, 6.07) is 27.2. The lowest BCUT2D eigenvalue weighted by atomic mass is 10.2. The number of hydrogen-bond acceptors (Lipinski definition) is 3.